The van der Waals surface area contributed by atoms with Crippen LogP contribution >= 0.6 is 0 Å². The van der Waals surface area contributed by atoms with Gasteiger partial charge in [-0.2, -0.15) is 0 Å². The zero-order chi connectivity index (χ0) is 14.1. The Balaban J connectivity index is 1.84. The third-order valence-corrected chi connectivity index (χ3v) is 4.61. The summed E-state index contributed by atoms with van der Waals surface area (Å²) in [7, 11) is 0. The first-order chi connectivity index (χ1) is 9.65. The van der Waals surface area contributed by atoms with Crippen molar-refractivity contribution in [2.24, 2.45) is 5.92 Å². The van der Waals surface area contributed by atoms with E-state index in [1.54, 1.807) is 0 Å². The molecule has 1 aliphatic carbocycles. The van der Waals surface area contributed by atoms with Crippen LogP contribution in [-0.4, -0.2) is 23.4 Å². The summed E-state index contributed by atoms with van der Waals surface area (Å²) in [5.74, 6) is -1.03. The van der Waals surface area contributed by atoms with Crippen LogP contribution in [0.25, 0.3) is 0 Å². The maximum atomic E-state index is 13.3. The number of benzene rings is 1. The normalized spacial score (nSPS) is 26.2. The Hall–Kier alpha value is -1.45. The van der Waals surface area contributed by atoms with E-state index in [2.05, 4.69) is 0 Å². The Labute approximate surface area is 117 Å². The molecule has 1 aromatic carbocycles. The summed E-state index contributed by atoms with van der Waals surface area (Å²) in [5.41, 5.74) is 0.133. The van der Waals surface area contributed by atoms with Gasteiger partial charge < -0.3 is 4.90 Å². The van der Waals surface area contributed by atoms with E-state index in [0.717, 1.165) is 37.5 Å². The number of hydrogen-bond donors (Lipinski definition) is 0. The Morgan fingerprint density at radius 3 is 2.40 bits per heavy atom. The van der Waals surface area contributed by atoms with Crippen molar-refractivity contribution in [1.29, 1.82) is 0 Å². The molecule has 20 heavy (non-hydrogen) atoms. The molecule has 1 saturated heterocycles. The second kappa shape index (κ2) is 5.51. The van der Waals surface area contributed by atoms with Crippen molar-refractivity contribution in [2.45, 2.75) is 44.6 Å². The molecule has 1 aliphatic heterocycles. The highest BCUT2D eigenvalue weighted by Crippen LogP contribution is 2.35. The van der Waals surface area contributed by atoms with E-state index >= 15 is 0 Å². The number of nitrogens with zero attached hydrogens (tertiary/aromatic N) is 1. The summed E-state index contributed by atoms with van der Waals surface area (Å²) in [6, 6.07) is 3.34. The molecule has 1 aromatic rings. The standard InChI is InChI=1S/C16H19F2NO/c17-13-8-12(9-14(18)10-13)16(20)19-7-3-5-11-4-1-2-6-15(11)19/h8-11,15H,1-7H2. The summed E-state index contributed by atoms with van der Waals surface area (Å²) in [6.45, 7) is 0.706. The monoisotopic (exact) mass is 279 g/mol. The van der Waals surface area contributed by atoms with Crippen molar-refractivity contribution in [3.63, 3.8) is 0 Å². The van der Waals surface area contributed by atoms with Gasteiger partial charge in [-0.05, 0) is 43.7 Å². The fourth-order valence-electron chi connectivity index (χ4n) is 3.72. The van der Waals surface area contributed by atoms with Gasteiger partial charge in [-0.25, -0.2) is 8.78 Å². The van der Waals surface area contributed by atoms with Crippen molar-refractivity contribution in [3.8, 4) is 0 Å². The molecule has 0 radical (unpaired) electrons. The third kappa shape index (κ3) is 2.56. The molecule has 2 aliphatic rings. The van der Waals surface area contributed by atoms with Crippen molar-refractivity contribution < 1.29 is 13.6 Å². The number of amides is 1. The molecule has 4 heteroatoms. The number of rotatable bonds is 1. The van der Waals surface area contributed by atoms with Gasteiger partial charge in [0.1, 0.15) is 11.6 Å². The largest absolute Gasteiger partial charge is 0.335 e. The quantitative estimate of drug-likeness (QED) is 0.766. The van der Waals surface area contributed by atoms with Crippen LogP contribution < -0.4 is 0 Å². The van der Waals surface area contributed by atoms with Gasteiger partial charge in [0, 0.05) is 24.2 Å². The number of carbonyl (C=O) groups excluding carboxylic acids is 1. The zero-order valence-corrected chi connectivity index (χ0v) is 11.4. The van der Waals surface area contributed by atoms with Gasteiger partial charge in [0.05, 0.1) is 0 Å². The smallest absolute Gasteiger partial charge is 0.254 e. The van der Waals surface area contributed by atoms with Gasteiger partial charge in [0.25, 0.3) is 5.91 Å². The van der Waals surface area contributed by atoms with Crippen LogP contribution in [0.3, 0.4) is 0 Å². The summed E-state index contributed by atoms with van der Waals surface area (Å²) in [6.07, 6.45) is 6.73. The molecule has 3 rings (SSSR count). The van der Waals surface area contributed by atoms with Crippen molar-refractivity contribution >= 4 is 5.91 Å². The first kappa shape index (κ1) is 13.5. The van der Waals surface area contributed by atoms with Crippen molar-refractivity contribution in [3.05, 3.63) is 35.4 Å². The minimum atomic E-state index is -0.689. The molecular weight excluding hydrogens is 260 g/mol. The summed E-state index contributed by atoms with van der Waals surface area (Å²) in [4.78, 5) is 14.4. The molecule has 2 fully saturated rings. The molecule has 2 nitrogen and oxygen atoms in total. The lowest BCUT2D eigenvalue weighted by molar-refractivity contribution is 0.0390. The van der Waals surface area contributed by atoms with Gasteiger partial charge in [-0.3, -0.25) is 4.79 Å². The molecule has 108 valence electrons. The van der Waals surface area contributed by atoms with Crippen LogP contribution in [0.2, 0.25) is 0 Å². The predicted molar refractivity (Wildman–Crippen MR) is 72.4 cm³/mol. The Bertz CT molecular complexity index is 495. The van der Waals surface area contributed by atoms with E-state index in [9.17, 15) is 13.6 Å². The number of likely N-dealkylation sites (tertiary alicyclic amines) is 1. The van der Waals surface area contributed by atoms with Gasteiger partial charge in [0.2, 0.25) is 0 Å². The lowest BCUT2D eigenvalue weighted by Crippen LogP contribution is -2.49. The summed E-state index contributed by atoms with van der Waals surface area (Å²) in [5, 5.41) is 0. The molecule has 0 aromatic heterocycles. The van der Waals surface area contributed by atoms with Crippen LogP contribution in [0.4, 0.5) is 8.78 Å². The minimum Gasteiger partial charge on any atom is -0.335 e. The third-order valence-electron chi connectivity index (χ3n) is 4.61. The molecule has 2 atom stereocenters. The molecule has 2 unspecified atom stereocenters. The second-order valence-electron chi connectivity index (χ2n) is 5.91. The molecule has 0 N–H and O–H groups in total. The second-order valence-corrected chi connectivity index (χ2v) is 5.91. The van der Waals surface area contributed by atoms with E-state index in [-0.39, 0.29) is 17.5 Å². The highest BCUT2D eigenvalue weighted by molar-refractivity contribution is 5.94. The average molecular weight is 279 g/mol. The van der Waals surface area contributed by atoms with Gasteiger partial charge in [-0.15, -0.1) is 0 Å². The molecule has 1 heterocycles. The maximum absolute atomic E-state index is 13.3. The van der Waals surface area contributed by atoms with Crippen LogP contribution in [0, 0.1) is 17.6 Å². The summed E-state index contributed by atoms with van der Waals surface area (Å²) >= 11 is 0. The first-order valence-electron chi connectivity index (χ1n) is 7.42. The number of halogens is 2. The van der Waals surface area contributed by atoms with E-state index < -0.39 is 11.6 Å². The van der Waals surface area contributed by atoms with Gasteiger partial charge in [-0.1, -0.05) is 12.8 Å². The van der Waals surface area contributed by atoms with E-state index in [4.69, 9.17) is 0 Å². The SMILES string of the molecule is O=C(c1cc(F)cc(F)c1)N1CCCC2CCCCC21. The lowest BCUT2D eigenvalue weighted by Gasteiger charge is -2.44. The van der Waals surface area contributed by atoms with E-state index in [1.807, 2.05) is 4.90 Å². The number of piperidine rings is 1. The predicted octanol–water partition coefficient (Wildman–Crippen LogP) is 3.76. The molecule has 1 amide bonds. The lowest BCUT2D eigenvalue weighted by atomic mass is 9.78. The average Bonchev–Trinajstić information content (AvgIpc) is 2.45. The first-order valence-corrected chi connectivity index (χ1v) is 7.42. The van der Waals surface area contributed by atoms with E-state index in [1.165, 1.54) is 19.3 Å². The molecule has 1 saturated carbocycles. The van der Waals surface area contributed by atoms with Crippen LogP contribution in [0.15, 0.2) is 18.2 Å². The fraction of sp³-hybridized carbons (Fsp3) is 0.562. The van der Waals surface area contributed by atoms with Gasteiger partial charge in [0.15, 0.2) is 0 Å². The minimum absolute atomic E-state index is 0.133. The van der Waals surface area contributed by atoms with Gasteiger partial charge >= 0.3 is 0 Å². The Morgan fingerprint density at radius 2 is 1.65 bits per heavy atom. The highest BCUT2D eigenvalue weighted by atomic mass is 19.1. The van der Waals surface area contributed by atoms with Crippen molar-refractivity contribution in [2.75, 3.05) is 6.54 Å². The topological polar surface area (TPSA) is 20.3 Å². The van der Waals surface area contributed by atoms with Crippen LogP contribution in [0.5, 0.6) is 0 Å². The molecule has 0 bridgehead atoms. The summed E-state index contributed by atoms with van der Waals surface area (Å²) < 4.78 is 26.6. The number of hydrogen-bond acceptors (Lipinski definition) is 1. The van der Waals surface area contributed by atoms with Crippen LogP contribution in [-0.2, 0) is 0 Å². The van der Waals surface area contributed by atoms with Crippen LogP contribution in [0.1, 0.15) is 48.9 Å². The molecular formula is C16H19F2NO. The Kier molecular flexibility index (Phi) is 3.72. The van der Waals surface area contributed by atoms with Crippen molar-refractivity contribution in [1.82, 2.24) is 4.90 Å². The fourth-order valence-corrected chi connectivity index (χ4v) is 3.72. The maximum Gasteiger partial charge on any atom is 0.254 e. The Morgan fingerprint density at radius 1 is 1.00 bits per heavy atom. The molecule has 0 spiro atoms. The zero-order valence-electron chi connectivity index (χ0n) is 11.4. The van der Waals surface area contributed by atoms with E-state index in [0.29, 0.717) is 12.5 Å². The number of fused-ring (bicyclic) bond motifs is 1. The number of carbonyl (C=O) groups is 1. The highest BCUT2D eigenvalue weighted by Gasteiger charge is 2.36.